The molecule has 0 heterocycles. The Kier molecular flexibility index (Phi) is 4.66. The molecule has 1 atom stereocenters. The molecule has 12 heavy (non-hydrogen) atoms. The average molecular weight is 174 g/mol. The lowest BCUT2D eigenvalue weighted by molar-refractivity contribution is 0.0982. The number of rotatable bonds is 3. The van der Waals surface area contributed by atoms with E-state index in [1.807, 2.05) is 20.9 Å². The monoisotopic (exact) mass is 174 g/mol. The maximum absolute atomic E-state index is 11.1. The highest BCUT2D eigenvalue weighted by atomic mass is 16.5. The Balaban J connectivity index is 4.20. The van der Waals surface area contributed by atoms with Gasteiger partial charge >= 0.3 is 6.09 Å². The van der Waals surface area contributed by atoms with Gasteiger partial charge in [0.15, 0.2) is 0 Å². The van der Waals surface area contributed by atoms with Crippen molar-refractivity contribution in [3.05, 3.63) is 0 Å². The quantitative estimate of drug-likeness (QED) is 0.646. The van der Waals surface area contributed by atoms with Crippen LogP contribution in [0.3, 0.4) is 0 Å². The summed E-state index contributed by atoms with van der Waals surface area (Å²) in [7, 11) is 4.92. The molecule has 0 spiro atoms. The van der Waals surface area contributed by atoms with Crippen molar-refractivity contribution in [2.24, 2.45) is 5.92 Å². The molecule has 4 nitrogen and oxygen atoms in total. The molecular weight excluding hydrogens is 156 g/mol. The van der Waals surface area contributed by atoms with Gasteiger partial charge in [-0.05, 0) is 13.0 Å². The van der Waals surface area contributed by atoms with Crippen LogP contribution in [-0.4, -0.2) is 38.4 Å². The molecule has 0 aliphatic carbocycles. The predicted octanol–water partition coefficient (Wildman–Crippen LogP) is 0.886. The van der Waals surface area contributed by atoms with Crippen molar-refractivity contribution in [1.29, 1.82) is 0 Å². The van der Waals surface area contributed by atoms with Crippen LogP contribution >= 0.6 is 0 Å². The van der Waals surface area contributed by atoms with E-state index in [-0.39, 0.29) is 12.3 Å². The van der Waals surface area contributed by atoms with Crippen LogP contribution in [-0.2, 0) is 4.74 Å². The fraction of sp³-hybridized carbons (Fsp3) is 0.875. The van der Waals surface area contributed by atoms with Crippen molar-refractivity contribution in [3.8, 4) is 0 Å². The molecule has 0 rings (SSSR count). The number of carbonyl (C=O) groups is 1. The Morgan fingerprint density at radius 2 is 2.00 bits per heavy atom. The summed E-state index contributed by atoms with van der Waals surface area (Å²) in [6.45, 7) is 4.08. The van der Waals surface area contributed by atoms with E-state index >= 15 is 0 Å². The summed E-state index contributed by atoms with van der Waals surface area (Å²) in [5, 5.41) is 3.04. The lowest BCUT2D eigenvalue weighted by Crippen LogP contribution is -2.48. The lowest BCUT2D eigenvalue weighted by Gasteiger charge is -2.29. The fourth-order valence-electron chi connectivity index (χ4n) is 1.23. The molecule has 0 aromatic heterocycles. The van der Waals surface area contributed by atoms with Gasteiger partial charge in [0.25, 0.3) is 0 Å². The van der Waals surface area contributed by atoms with Crippen LogP contribution < -0.4 is 5.32 Å². The van der Waals surface area contributed by atoms with Gasteiger partial charge in [0, 0.05) is 7.05 Å². The molecule has 1 amide bonds. The topological polar surface area (TPSA) is 41.6 Å². The van der Waals surface area contributed by atoms with Crippen molar-refractivity contribution in [3.63, 3.8) is 0 Å². The number of ether oxygens (including phenoxy) is 1. The van der Waals surface area contributed by atoms with Crippen LogP contribution in [0.1, 0.15) is 13.8 Å². The van der Waals surface area contributed by atoms with Crippen molar-refractivity contribution < 1.29 is 9.53 Å². The highest BCUT2D eigenvalue weighted by molar-refractivity contribution is 5.67. The molecule has 4 heteroatoms. The second kappa shape index (κ2) is 4.98. The zero-order chi connectivity index (χ0) is 9.72. The van der Waals surface area contributed by atoms with Crippen LogP contribution in [0.25, 0.3) is 0 Å². The van der Waals surface area contributed by atoms with E-state index in [0.29, 0.717) is 5.92 Å². The molecule has 0 aliphatic rings. The molecule has 1 N–H and O–H groups in total. The Morgan fingerprint density at radius 3 is 2.25 bits per heavy atom. The molecule has 1 unspecified atom stereocenters. The maximum atomic E-state index is 11.1. The van der Waals surface area contributed by atoms with Gasteiger partial charge in [-0.25, -0.2) is 4.79 Å². The summed E-state index contributed by atoms with van der Waals surface area (Å²) in [5.74, 6) is 0.360. The summed E-state index contributed by atoms with van der Waals surface area (Å²) in [4.78, 5) is 12.6. The van der Waals surface area contributed by atoms with E-state index in [1.54, 1.807) is 11.9 Å². The molecule has 0 aromatic rings. The van der Waals surface area contributed by atoms with Crippen molar-refractivity contribution in [1.82, 2.24) is 10.2 Å². The number of methoxy groups -OCH3 is 1. The van der Waals surface area contributed by atoms with Crippen molar-refractivity contribution in [2.45, 2.75) is 20.0 Å². The minimum absolute atomic E-state index is 0.0254. The van der Waals surface area contributed by atoms with E-state index in [1.165, 1.54) is 7.11 Å². The summed E-state index contributed by atoms with van der Waals surface area (Å²) in [6.07, 6.45) is -0.291. The van der Waals surface area contributed by atoms with Gasteiger partial charge in [0.1, 0.15) is 0 Å². The van der Waals surface area contributed by atoms with Gasteiger partial charge in [-0.2, -0.15) is 0 Å². The Bertz CT molecular complexity index is 148. The molecule has 0 radical (unpaired) electrons. The summed E-state index contributed by atoms with van der Waals surface area (Å²) < 4.78 is 4.59. The van der Waals surface area contributed by atoms with Gasteiger partial charge in [0.2, 0.25) is 0 Å². The van der Waals surface area contributed by atoms with Crippen LogP contribution in [0, 0.1) is 5.92 Å². The number of nitrogens with one attached hydrogen (secondary N) is 1. The van der Waals surface area contributed by atoms with Gasteiger partial charge in [-0.1, -0.05) is 13.8 Å². The third-order valence-corrected chi connectivity index (χ3v) is 1.81. The standard InChI is InChI=1S/C8H18N2O2/c1-6(2)7(9-3)10(4)8(11)12-5/h6-7,9H,1-5H3. The molecule has 0 aromatic carbocycles. The number of hydrogen-bond donors (Lipinski definition) is 1. The normalized spacial score (nSPS) is 12.8. The molecule has 0 saturated heterocycles. The first kappa shape index (κ1) is 11.2. The predicted molar refractivity (Wildman–Crippen MR) is 47.9 cm³/mol. The highest BCUT2D eigenvalue weighted by Gasteiger charge is 2.21. The van der Waals surface area contributed by atoms with Crippen LogP contribution in [0.4, 0.5) is 4.79 Å². The van der Waals surface area contributed by atoms with Gasteiger partial charge in [-0.3, -0.25) is 10.2 Å². The van der Waals surface area contributed by atoms with Gasteiger partial charge < -0.3 is 4.74 Å². The molecule has 72 valence electrons. The smallest absolute Gasteiger partial charge is 0.410 e. The molecule has 0 fully saturated rings. The lowest BCUT2D eigenvalue weighted by atomic mass is 10.1. The second-order valence-corrected chi connectivity index (χ2v) is 3.06. The first-order valence-electron chi connectivity index (χ1n) is 4.02. The van der Waals surface area contributed by atoms with Crippen LogP contribution in [0.2, 0.25) is 0 Å². The Morgan fingerprint density at radius 1 is 1.50 bits per heavy atom. The number of hydrogen-bond acceptors (Lipinski definition) is 3. The van der Waals surface area contributed by atoms with Crippen molar-refractivity contribution in [2.75, 3.05) is 21.2 Å². The van der Waals surface area contributed by atoms with Crippen LogP contribution in [0.5, 0.6) is 0 Å². The maximum Gasteiger partial charge on any atom is 0.410 e. The molecule has 0 bridgehead atoms. The number of amides is 1. The van der Waals surface area contributed by atoms with E-state index in [9.17, 15) is 4.79 Å². The molecule has 0 aliphatic heterocycles. The first-order valence-corrected chi connectivity index (χ1v) is 4.02. The van der Waals surface area contributed by atoms with E-state index in [0.717, 1.165) is 0 Å². The van der Waals surface area contributed by atoms with Crippen LogP contribution in [0.15, 0.2) is 0 Å². The SMILES string of the molecule is CNC(C(C)C)N(C)C(=O)OC. The summed E-state index contributed by atoms with van der Waals surface area (Å²) in [5.41, 5.74) is 0. The fourth-order valence-corrected chi connectivity index (χ4v) is 1.23. The number of nitrogens with zero attached hydrogens (tertiary/aromatic N) is 1. The van der Waals surface area contributed by atoms with Gasteiger partial charge in [-0.15, -0.1) is 0 Å². The van der Waals surface area contributed by atoms with Gasteiger partial charge in [0.05, 0.1) is 13.3 Å². The largest absolute Gasteiger partial charge is 0.453 e. The zero-order valence-electron chi connectivity index (χ0n) is 8.42. The first-order chi connectivity index (χ1) is 5.54. The molecule has 0 saturated carbocycles. The minimum atomic E-state index is -0.317. The van der Waals surface area contributed by atoms with E-state index in [4.69, 9.17) is 0 Å². The summed E-state index contributed by atoms with van der Waals surface area (Å²) >= 11 is 0. The Hall–Kier alpha value is -0.770. The third kappa shape index (κ3) is 2.70. The molecular formula is C8H18N2O2. The van der Waals surface area contributed by atoms with E-state index < -0.39 is 0 Å². The Labute approximate surface area is 73.9 Å². The third-order valence-electron chi connectivity index (χ3n) is 1.81. The second-order valence-electron chi connectivity index (χ2n) is 3.06. The number of carbonyl (C=O) groups excluding carboxylic acids is 1. The average Bonchev–Trinajstić information content (AvgIpc) is 2.03. The highest BCUT2D eigenvalue weighted by Crippen LogP contribution is 2.06. The zero-order valence-corrected chi connectivity index (χ0v) is 8.42. The van der Waals surface area contributed by atoms with E-state index in [2.05, 4.69) is 10.1 Å². The van der Waals surface area contributed by atoms with Crippen molar-refractivity contribution >= 4 is 6.09 Å². The summed E-state index contributed by atoms with van der Waals surface area (Å²) in [6, 6.07) is 0. The minimum Gasteiger partial charge on any atom is -0.453 e.